The van der Waals surface area contributed by atoms with Crippen molar-refractivity contribution in [1.29, 1.82) is 5.41 Å². The van der Waals surface area contributed by atoms with Crippen molar-refractivity contribution in [2.75, 3.05) is 5.09 Å². The van der Waals surface area contributed by atoms with Gasteiger partial charge < -0.3 is 15.2 Å². The van der Waals surface area contributed by atoms with Crippen molar-refractivity contribution in [3.8, 4) is 0 Å². The van der Waals surface area contributed by atoms with E-state index in [0.29, 0.717) is 5.82 Å². The van der Waals surface area contributed by atoms with Crippen molar-refractivity contribution in [3.63, 3.8) is 0 Å². The number of rotatable bonds is 2. The molecule has 68 valence electrons. The van der Waals surface area contributed by atoms with Crippen LogP contribution in [0.1, 0.15) is 5.56 Å². The molecule has 1 aromatic rings. The summed E-state index contributed by atoms with van der Waals surface area (Å²) in [7, 11) is 2.17. The van der Waals surface area contributed by atoms with Crippen LogP contribution in [0.25, 0.3) is 0 Å². The molecule has 0 spiro atoms. The maximum Gasteiger partial charge on any atom is 0.366 e. The van der Waals surface area contributed by atoms with Crippen LogP contribution in [0.15, 0.2) is 18.3 Å². The first-order valence-electron chi connectivity index (χ1n) is 3.31. The molecule has 0 bridgehead atoms. The molecule has 6 nitrogen and oxygen atoms in total. The molecule has 0 aliphatic heterocycles. The molecule has 13 heavy (non-hydrogen) atoms. The van der Waals surface area contributed by atoms with Crippen LogP contribution < -0.4 is 5.09 Å². The van der Waals surface area contributed by atoms with Gasteiger partial charge in [0.1, 0.15) is 11.4 Å². The van der Waals surface area contributed by atoms with Crippen molar-refractivity contribution >= 4 is 21.0 Å². The van der Waals surface area contributed by atoms with Gasteiger partial charge in [0.05, 0.1) is 0 Å². The quantitative estimate of drug-likeness (QED) is 0.242. The number of nitrogens with one attached hydrogen (secondary N) is 2. The van der Waals surface area contributed by atoms with Gasteiger partial charge in [-0.2, -0.15) is 0 Å². The van der Waals surface area contributed by atoms with Crippen molar-refractivity contribution < 1.29 is 4.92 Å². The number of anilines is 1. The van der Waals surface area contributed by atoms with E-state index in [1.54, 1.807) is 6.07 Å². The Morgan fingerprint density at radius 3 is 3.00 bits per heavy atom. The summed E-state index contributed by atoms with van der Waals surface area (Å²) in [6, 6.07) is 3.00. The third-order valence-corrected chi connectivity index (χ3v) is 1.66. The zero-order valence-corrected chi connectivity index (χ0v) is 7.68. The normalized spacial score (nSPS) is 9.31. The van der Waals surface area contributed by atoms with Gasteiger partial charge in [-0.25, -0.2) is 4.98 Å². The monoisotopic (exact) mass is 198 g/mol. The zero-order chi connectivity index (χ0) is 9.84. The number of pyridine rings is 1. The highest BCUT2D eigenvalue weighted by molar-refractivity contribution is 7.18. The average Bonchev–Trinajstić information content (AvgIpc) is 2.16. The average molecular weight is 198 g/mol. The van der Waals surface area contributed by atoms with Crippen molar-refractivity contribution in [1.82, 2.24) is 4.98 Å². The lowest BCUT2D eigenvalue weighted by Crippen LogP contribution is -2.13. The van der Waals surface area contributed by atoms with Gasteiger partial charge in [0, 0.05) is 6.20 Å². The van der Waals surface area contributed by atoms with Gasteiger partial charge >= 0.3 is 5.84 Å². The Labute approximate surface area is 76.3 Å². The highest BCUT2D eigenvalue weighted by atomic mass is 31.0. The Morgan fingerprint density at radius 1 is 1.77 bits per heavy atom. The fourth-order valence-electron chi connectivity index (χ4n) is 0.810. The third-order valence-electron chi connectivity index (χ3n) is 1.38. The van der Waals surface area contributed by atoms with E-state index in [2.05, 4.69) is 19.5 Å². The number of hydrogen-bond donors (Lipinski definition) is 2. The standard InChI is InChI=1S/C6H7N4O2P/c7-5(10(11)12)4-2-1-3-8-6(4)9-13/h1-3,7H,13H2,(H,8,9). The molecule has 2 N–H and O–H groups in total. The molecule has 1 unspecified atom stereocenters. The van der Waals surface area contributed by atoms with E-state index in [-0.39, 0.29) is 5.56 Å². The van der Waals surface area contributed by atoms with E-state index >= 15 is 0 Å². The van der Waals surface area contributed by atoms with E-state index in [0.717, 1.165) is 0 Å². The molecular weight excluding hydrogens is 191 g/mol. The Morgan fingerprint density at radius 2 is 2.46 bits per heavy atom. The van der Waals surface area contributed by atoms with Crippen LogP contribution in [0.4, 0.5) is 5.82 Å². The summed E-state index contributed by atoms with van der Waals surface area (Å²) in [5.41, 5.74) is 0.169. The van der Waals surface area contributed by atoms with Gasteiger partial charge in [-0.3, -0.25) is 0 Å². The van der Waals surface area contributed by atoms with Crippen LogP contribution >= 0.6 is 9.39 Å². The van der Waals surface area contributed by atoms with Crippen LogP contribution in [0.5, 0.6) is 0 Å². The summed E-state index contributed by atoms with van der Waals surface area (Å²) in [6.45, 7) is 0. The number of nitrogens with zero attached hydrogens (tertiary/aromatic N) is 2. The van der Waals surface area contributed by atoms with Crippen molar-refractivity contribution in [3.05, 3.63) is 34.0 Å². The second kappa shape index (κ2) is 3.91. The lowest BCUT2D eigenvalue weighted by atomic mass is 10.2. The minimum absolute atomic E-state index is 0.169. The summed E-state index contributed by atoms with van der Waals surface area (Å²) in [5, 5.41) is 20.0. The first kappa shape index (κ1) is 9.54. The van der Waals surface area contributed by atoms with E-state index in [1.807, 2.05) is 0 Å². The van der Waals surface area contributed by atoms with Crippen LogP contribution in [0, 0.1) is 15.5 Å². The number of nitro groups is 1. The van der Waals surface area contributed by atoms with Gasteiger partial charge in [0.15, 0.2) is 0 Å². The van der Waals surface area contributed by atoms with Crippen LogP contribution in [0.3, 0.4) is 0 Å². The van der Waals surface area contributed by atoms with Gasteiger partial charge in [0.2, 0.25) is 0 Å². The Hall–Kier alpha value is -1.55. The first-order valence-corrected chi connectivity index (χ1v) is 3.89. The highest BCUT2D eigenvalue weighted by Gasteiger charge is 2.16. The third kappa shape index (κ3) is 1.97. The lowest BCUT2D eigenvalue weighted by molar-refractivity contribution is -0.350. The first-order chi connectivity index (χ1) is 6.16. The Bertz CT molecular complexity index is 354. The topological polar surface area (TPSA) is 91.9 Å². The Kier molecular flexibility index (Phi) is 2.87. The maximum atomic E-state index is 10.3. The predicted octanol–water partition coefficient (Wildman–Crippen LogP) is 0.886. The Balaban J connectivity index is 3.13. The molecule has 0 aliphatic carbocycles. The molecule has 0 saturated carbocycles. The smallest absolute Gasteiger partial charge is 0.358 e. The molecule has 0 saturated heterocycles. The van der Waals surface area contributed by atoms with Crippen molar-refractivity contribution in [2.24, 2.45) is 0 Å². The molecule has 0 radical (unpaired) electrons. The van der Waals surface area contributed by atoms with Crippen LogP contribution in [-0.4, -0.2) is 15.7 Å². The molecule has 0 fully saturated rings. The minimum atomic E-state index is -0.761. The molecule has 1 rings (SSSR count). The molecule has 1 heterocycles. The van der Waals surface area contributed by atoms with E-state index in [4.69, 9.17) is 5.41 Å². The van der Waals surface area contributed by atoms with E-state index < -0.39 is 10.8 Å². The highest BCUT2D eigenvalue weighted by Crippen LogP contribution is 2.13. The number of aromatic nitrogens is 1. The molecule has 0 aromatic carbocycles. The molecule has 0 amide bonds. The van der Waals surface area contributed by atoms with Gasteiger partial charge in [-0.1, -0.05) is 5.41 Å². The summed E-state index contributed by atoms with van der Waals surface area (Å²) in [4.78, 5) is 13.3. The predicted molar refractivity (Wildman–Crippen MR) is 51.4 cm³/mol. The van der Waals surface area contributed by atoms with Crippen LogP contribution in [0.2, 0.25) is 0 Å². The number of hydrogen-bond acceptors (Lipinski definition) is 5. The molecule has 0 aliphatic rings. The molecule has 1 aromatic heterocycles. The second-order valence-corrected chi connectivity index (χ2v) is 2.44. The summed E-state index contributed by atoms with van der Waals surface area (Å²) >= 11 is 0. The van der Waals surface area contributed by atoms with E-state index in [1.165, 1.54) is 12.3 Å². The maximum absolute atomic E-state index is 10.3. The largest absolute Gasteiger partial charge is 0.366 e. The summed E-state index contributed by atoms with van der Waals surface area (Å²) in [6.07, 6.45) is 1.49. The van der Waals surface area contributed by atoms with E-state index in [9.17, 15) is 10.1 Å². The summed E-state index contributed by atoms with van der Waals surface area (Å²) in [5.74, 6) is -0.368. The molecule has 1 atom stereocenters. The zero-order valence-electron chi connectivity index (χ0n) is 6.52. The minimum Gasteiger partial charge on any atom is -0.358 e. The SMILES string of the molecule is N=C(c1cccnc1NP)[N+](=O)[O-]. The van der Waals surface area contributed by atoms with Gasteiger partial charge in [-0.15, -0.1) is 0 Å². The molecule has 7 heteroatoms. The van der Waals surface area contributed by atoms with Crippen molar-refractivity contribution in [2.45, 2.75) is 0 Å². The molecular formula is C6H7N4O2P. The van der Waals surface area contributed by atoms with Gasteiger partial charge in [-0.05, 0) is 26.4 Å². The van der Waals surface area contributed by atoms with Gasteiger partial charge in [0.25, 0.3) is 0 Å². The number of amidine groups is 1. The summed E-state index contributed by atoms with van der Waals surface area (Å²) < 4.78 is 0. The fraction of sp³-hybridized carbons (Fsp3) is 0. The lowest BCUT2D eigenvalue weighted by Gasteiger charge is -2.02. The van der Waals surface area contributed by atoms with Crippen LogP contribution in [-0.2, 0) is 0 Å². The second-order valence-electron chi connectivity index (χ2n) is 2.15. The fourth-order valence-corrected chi connectivity index (χ4v) is 1.04.